The molecule has 1 aromatic rings. The van der Waals surface area contributed by atoms with Crippen LogP contribution < -0.4 is 5.73 Å². The standard InChI is InChI=1S/C10H16N4O/c11-10-5-12-14(13-10)6-8-4-7-2-1-3-9(7)15-8/h5,7-9H,1-4,6H2,(H2,11,13). The Hall–Kier alpha value is -1.10. The predicted molar refractivity (Wildman–Crippen MR) is 55.1 cm³/mol. The fraction of sp³-hybridized carbons (Fsp3) is 0.800. The summed E-state index contributed by atoms with van der Waals surface area (Å²) in [7, 11) is 0. The number of nitrogens with two attached hydrogens (primary N) is 1. The second-order valence-electron chi connectivity index (χ2n) is 4.55. The maximum absolute atomic E-state index is 5.96. The Kier molecular flexibility index (Phi) is 2.12. The lowest BCUT2D eigenvalue weighted by Gasteiger charge is -2.11. The van der Waals surface area contributed by atoms with Crippen LogP contribution >= 0.6 is 0 Å². The van der Waals surface area contributed by atoms with Crippen molar-refractivity contribution in [2.75, 3.05) is 5.73 Å². The van der Waals surface area contributed by atoms with Crippen molar-refractivity contribution < 1.29 is 4.74 Å². The van der Waals surface area contributed by atoms with E-state index in [0.717, 1.165) is 18.9 Å². The van der Waals surface area contributed by atoms with E-state index in [1.54, 1.807) is 11.0 Å². The molecular weight excluding hydrogens is 192 g/mol. The molecule has 82 valence electrons. The molecule has 0 bridgehead atoms. The molecule has 0 radical (unpaired) electrons. The van der Waals surface area contributed by atoms with Gasteiger partial charge in [-0.3, -0.25) is 0 Å². The van der Waals surface area contributed by atoms with E-state index in [0.29, 0.717) is 11.9 Å². The number of anilines is 1. The highest BCUT2D eigenvalue weighted by molar-refractivity contribution is 5.19. The van der Waals surface area contributed by atoms with Crippen molar-refractivity contribution in [2.24, 2.45) is 5.92 Å². The highest BCUT2D eigenvalue weighted by atomic mass is 16.5. The lowest BCUT2D eigenvalue weighted by atomic mass is 10.0. The summed E-state index contributed by atoms with van der Waals surface area (Å²) in [6.45, 7) is 0.740. The van der Waals surface area contributed by atoms with Crippen LogP contribution in [0, 0.1) is 5.92 Å². The molecule has 0 amide bonds. The van der Waals surface area contributed by atoms with E-state index in [4.69, 9.17) is 10.5 Å². The molecule has 1 saturated heterocycles. The smallest absolute Gasteiger partial charge is 0.165 e. The molecule has 5 nitrogen and oxygen atoms in total. The number of hydrogen-bond donors (Lipinski definition) is 1. The summed E-state index contributed by atoms with van der Waals surface area (Å²) in [6, 6.07) is 0. The number of hydrogen-bond acceptors (Lipinski definition) is 4. The minimum Gasteiger partial charge on any atom is -0.381 e. The van der Waals surface area contributed by atoms with Gasteiger partial charge in [0, 0.05) is 0 Å². The molecule has 2 fully saturated rings. The third-order valence-electron chi connectivity index (χ3n) is 3.44. The Bertz CT molecular complexity index is 339. The topological polar surface area (TPSA) is 66.0 Å². The van der Waals surface area contributed by atoms with Crippen molar-refractivity contribution in [3.63, 3.8) is 0 Å². The number of rotatable bonds is 2. The van der Waals surface area contributed by atoms with Gasteiger partial charge in [-0.1, -0.05) is 6.42 Å². The molecule has 1 aliphatic heterocycles. The van der Waals surface area contributed by atoms with Crippen LogP contribution in [-0.4, -0.2) is 27.2 Å². The van der Waals surface area contributed by atoms with Gasteiger partial charge in [-0.05, 0) is 25.2 Å². The summed E-state index contributed by atoms with van der Waals surface area (Å²) < 4.78 is 5.96. The van der Waals surface area contributed by atoms with Crippen LogP contribution in [0.5, 0.6) is 0 Å². The van der Waals surface area contributed by atoms with Crippen LogP contribution in [-0.2, 0) is 11.3 Å². The van der Waals surface area contributed by atoms with Gasteiger partial charge >= 0.3 is 0 Å². The normalized spacial score (nSPS) is 34.5. The van der Waals surface area contributed by atoms with Crippen molar-refractivity contribution in [1.29, 1.82) is 0 Å². The van der Waals surface area contributed by atoms with Crippen LogP contribution in [0.2, 0.25) is 0 Å². The lowest BCUT2D eigenvalue weighted by molar-refractivity contribution is 0.0281. The number of fused-ring (bicyclic) bond motifs is 1. The van der Waals surface area contributed by atoms with Crippen molar-refractivity contribution in [3.05, 3.63) is 6.20 Å². The molecule has 1 aromatic heterocycles. The van der Waals surface area contributed by atoms with Gasteiger partial charge < -0.3 is 10.5 Å². The van der Waals surface area contributed by atoms with Crippen LogP contribution in [0.3, 0.4) is 0 Å². The molecule has 5 heteroatoms. The fourth-order valence-corrected chi connectivity index (χ4v) is 2.79. The molecule has 2 aliphatic rings. The highest BCUT2D eigenvalue weighted by Crippen LogP contribution is 2.39. The lowest BCUT2D eigenvalue weighted by Crippen LogP contribution is -2.19. The molecule has 3 atom stereocenters. The molecular formula is C10H16N4O. The molecule has 2 N–H and O–H groups in total. The summed E-state index contributed by atoms with van der Waals surface area (Å²) in [5.41, 5.74) is 5.51. The zero-order valence-corrected chi connectivity index (χ0v) is 8.67. The predicted octanol–water partition coefficient (Wildman–Crippen LogP) is 0.818. The van der Waals surface area contributed by atoms with E-state index in [9.17, 15) is 0 Å². The summed E-state index contributed by atoms with van der Waals surface area (Å²) in [4.78, 5) is 1.64. The third kappa shape index (κ3) is 1.71. The molecule has 0 aromatic carbocycles. The average molecular weight is 208 g/mol. The van der Waals surface area contributed by atoms with E-state index >= 15 is 0 Å². The number of ether oxygens (including phenoxy) is 1. The van der Waals surface area contributed by atoms with Crippen molar-refractivity contribution in [1.82, 2.24) is 15.0 Å². The van der Waals surface area contributed by atoms with Gasteiger partial charge in [-0.2, -0.15) is 9.90 Å². The Morgan fingerprint density at radius 3 is 3.20 bits per heavy atom. The maximum Gasteiger partial charge on any atom is 0.165 e. The SMILES string of the molecule is Nc1cnn(CC2CC3CCCC3O2)n1. The second-order valence-corrected chi connectivity index (χ2v) is 4.55. The van der Waals surface area contributed by atoms with E-state index < -0.39 is 0 Å². The highest BCUT2D eigenvalue weighted by Gasteiger charge is 2.38. The van der Waals surface area contributed by atoms with E-state index in [1.165, 1.54) is 19.3 Å². The number of aromatic nitrogens is 3. The van der Waals surface area contributed by atoms with Crippen molar-refractivity contribution in [3.8, 4) is 0 Å². The van der Waals surface area contributed by atoms with Gasteiger partial charge in [-0.15, -0.1) is 5.10 Å². The van der Waals surface area contributed by atoms with Crippen LogP contribution in [0.4, 0.5) is 5.82 Å². The summed E-state index contributed by atoms with van der Waals surface area (Å²) in [6.07, 6.45) is 7.41. The largest absolute Gasteiger partial charge is 0.381 e. The zero-order chi connectivity index (χ0) is 10.3. The average Bonchev–Trinajstić information content (AvgIpc) is 2.81. The van der Waals surface area contributed by atoms with Gasteiger partial charge in [0.25, 0.3) is 0 Å². The molecule has 0 spiro atoms. The van der Waals surface area contributed by atoms with Crippen LogP contribution in [0.15, 0.2) is 6.20 Å². The second kappa shape index (κ2) is 3.48. The van der Waals surface area contributed by atoms with Crippen LogP contribution in [0.1, 0.15) is 25.7 Å². The van der Waals surface area contributed by atoms with Gasteiger partial charge in [-0.25, -0.2) is 0 Å². The quantitative estimate of drug-likeness (QED) is 0.781. The Balaban J connectivity index is 1.61. The van der Waals surface area contributed by atoms with E-state index in [1.807, 2.05) is 0 Å². The molecule has 1 saturated carbocycles. The summed E-state index contributed by atoms with van der Waals surface area (Å²) in [5, 5.41) is 8.15. The maximum atomic E-state index is 5.96. The summed E-state index contributed by atoms with van der Waals surface area (Å²) in [5.74, 6) is 1.26. The van der Waals surface area contributed by atoms with Gasteiger partial charge in [0.15, 0.2) is 5.82 Å². The minimum atomic E-state index is 0.284. The minimum absolute atomic E-state index is 0.284. The van der Waals surface area contributed by atoms with E-state index in [-0.39, 0.29) is 6.10 Å². The van der Waals surface area contributed by atoms with Gasteiger partial charge in [0.05, 0.1) is 24.9 Å². The first-order chi connectivity index (χ1) is 7.31. The van der Waals surface area contributed by atoms with Crippen molar-refractivity contribution >= 4 is 5.82 Å². The van der Waals surface area contributed by atoms with E-state index in [2.05, 4.69) is 10.2 Å². The Morgan fingerprint density at radius 1 is 1.53 bits per heavy atom. The first kappa shape index (κ1) is 9.15. The Morgan fingerprint density at radius 2 is 2.47 bits per heavy atom. The number of nitrogen functional groups attached to an aromatic ring is 1. The van der Waals surface area contributed by atoms with Gasteiger partial charge in [0.2, 0.25) is 0 Å². The first-order valence-electron chi connectivity index (χ1n) is 5.62. The summed E-state index contributed by atoms with van der Waals surface area (Å²) >= 11 is 0. The molecule has 1 aliphatic carbocycles. The first-order valence-corrected chi connectivity index (χ1v) is 5.62. The van der Waals surface area contributed by atoms with Gasteiger partial charge in [0.1, 0.15) is 0 Å². The van der Waals surface area contributed by atoms with Crippen LogP contribution in [0.25, 0.3) is 0 Å². The molecule has 3 unspecified atom stereocenters. The monoisotopic (exact) mass is 208 g/mol. The van der Waals surface area contributed by atoms with Crippen molar-refractivity contribution in [2.45, 2.75) is 44.4 Å². The molecule has 2 heterocycles. The molecule has 15 heavy (non-hydrogen) atoms. The zero-order valence-electron chi connectivity index (χ0n) is 8.67. The Labute approximate surface area is 88.6 Å². The fourth-order valence-electron chi connectivity index (χ4n) is 2.79. The third-order valence-corrected chi connectivity index (χ3v) is 3.44. The number of nitrogens with zero attached hydrogens (tertiary/aromatic N) is 3. The molecule has 3 rings (SSSR count).